The highest BCUT2D eigenvalue weighted by atomic mass is 16.7. The van der Waals surface area contributed by atoms with Crippen LogP contribution in [0.2, 0.25) is 0 Å². The van der Waals surface area contributed by atoms with Crippen LogP contribution in [0.4, 0.5) is 0 Å². The maximum absolute atomic E-state index is 11.2. The Balaban J connectivity index is 3.65. The van der Waals surface area contributed by atoms with Gasteiger partial charge in [-0.3, -0.25) is 0 Å². The summed E-state index contributed by atoms with van der Waals surface area (Å²) in [6.07, 6.45) is 0. The maximum Gasteiger partial charge on any atom is 0.335 e. The van der Waals surface area contributed by atoms with Gasteiger partial charge in [-0.25, -0.2) is 9.59 Å². The predicted octanol–water partition coefficient (Wildman–Crippen LogP) is 1.22. The van der Waals surface area contributed by atoms with Crippen molar-refractivity contribution < 1.29 is 28.5 Å². The van der Waals surface area contributed by atoms with Crippen molar-refractivity contribution in [3.63, 3.8) is 0 Å². The molecule has 0 aliphatic carbocycles. The molecule has 0 saturated heterocycles. The molecule has 0 radical (unpaired) electrons. The zero-order valence-corrected chi connectivity index (χ0v) is 11.4. The minimum atomic E-state index is -0.501. The first-order chi connectivity index (χ1) is 9.02. The molecule has 19 heavy (non-hydrogen) atoms. The minimum absolute atomic E-state index is 0.00468. The van der Waals surface area contributed by atoms with Crippen LogP contribution in [0.15, 0.2) is 24.3 Å². The molecule has 0 saturated carbocycles. The molecule has 0 aliphatic heterocycles. The minimum Gasteiger partial charge on any atom is -0.463 e. The fraction of sp³-hybridized carbons (Fsp3) is 0.538. The lowest BCUT2D eigenvalue weighted by Gasteiger charge is -2.08. The van der Waals surface area contributed by atoms with E-state index in [0.29, 0.717) is 0 Å². The molecule has 0 aromatic carbocycles. The Kier molecular flexibility index (Phi) is 9.38. The van der Waals surface area contributed by atoms with Crippen LogP contribution >= 0.6 is 0 Å². The zero-order valence-electron chi connectivity index (χ0n) is 11.4. The van der Waals surface area contributed by atoms with E-state index in [1.54, 1.807) is 13.8 Å². The fourth-order valence-corrected chi connectivity index (χ4v) is 0.973. The van der Waals surface area contributed by atoms with Crippen molar-refractivity contribution in [2.24, 2.45) is 0 Å². The molecule has 0 aromatic rings. The molecule has 0 spiro atoms. The second kappa shape index (κ2) is 10.3. The van der Waals surface area contributed by atoms with Crippen molar-refractivity contribution in [2.75, 3.05) is 33.2 Å². The van der Waals surface area contributed by atoms with Crippen LogP contribution in [0.25, 0.3) is 0 Å². The summed E-state index contributed by atoms with van der Waals surface area (Å²) < 4.78 is 19.5. The van der Waals surface area contributed by atoms with Gasteiger partial charge in [-0.2, -0.15) is 0 Å². The fourth-order valence-electron chi connectivity index (χ4n) is 0.973. The molecule has 0 atom stereocenters. The van der Waals surface area contributed by atoms with Gasteiger partial charge < -0.3 is 18.9 Å². The quantitative estimate of drug-likeness (QED) is 0.258. The molecule has 6 heteroatoms. The molecule has 0 aliphatic rings. The molecule has 0 N–H and O–H groups in total. The molecule has 0 fully saturated rings. The second-order valence-corrected chi connectivity index (χ2v) is 3.46. The second-order valence-electron chi connectivity index (χ2n) is 3.46. The summed E-state index contributed by atoms with van der Waals surface area (Å²) in [5.74, 6) is -1.00. The molecule has 0 unspecified atom stereocenters. The van der Waals surface area contributed by atoms with Gasteiger partial charge >= 0.3 is 11.9 Å². The van der Waals surface area contributed by atoms with Crippen LogP contribution in [0.5, 0.6) is 0 Å². The molecule has 0 rings (SSSR count). The maximum atomic E-state index is 11.2. The van der Waals surface area contributed by atoms with Gasteiger partial charge in [0.25, 0.3) is 0 Å². The lowest BCUT2D eigenvalue weighted by Crippen LogP contribution is -2.15. The number of hydrogen-bond acceptors (Lipinski definition) is 6. The normalized spacial score (nSPS) is 9.79. The third-order valence-electron chi connectivity index (χ3n) is 1.85. The summed E-state index contributed by atoms with van der Waals surface area (Å²) in [4.78, 5) is 22.3. The van der Waals surface area contributed by atoms with Gasteiger partial charge in [0.05, 0.1) is 37.6 Å². The van der Waals surface area contributed by atoms with Crippen molar-refractivity contribution in [1.82, 2.24) is 0 Å². The van der Waals surface area contributed by atoms with Crippen LogP contribution in [0.1, 0.15) is 13.8 Å². The number of carbonyl (C=O) groups excluding carboxylic acids is 2. The van der Waals surface area contributed by atoms with Crippen molar-refractivity contribution in [2.45, 2.75) is 13.8 Å². The zero-order chi connectivity index (χ0) is 14.7. The van der Waals surface area contributed by atoms with E-state index < -0.39 is 11.9 Å². The van der Waals surface area contributed by atoms with Gasteiger partial charge in [0.2, 0.25) is 0 Å². The number of rotatable bonds is 10. The van der Waals surface area contributed by atoms with E-state index in [9.17, 15) is 9.59 Å². The number of esters is 2. The van der Waals surface area contributed by atoms with Crippen LogP contribution in [-0.2, 0) is 28.5 Å². The van der Waals surface area contributed by atoms with Gasteiger partial charge in [0.15, 0.2) is 0 Å². The summed E-state index contributed by atoms with van der Waals surface area (Å²) >= 11 is 0. The Morgan fingerprint density at radius 2 is 1.21 bits per heavy atom. The Morgan fingerprint density at radius 3 is 1.53 bits per heavy atom. The Labute approximate surface area is 113 Å². The van der Waals surface area contributed by atoms with E-state index in [4.69, 9.17) is 18.9 Å². The third-order valence-corrected chi connectivity index (χ3v) is 1.85. The first kappa shape index (κ1) is 17.3. The average Bonchev–Trinajstić information content (AvgIpc) is 2.38. The number of hydrogen-bond donors (Lipinski definition) is 0. The summed E-state index contributed by atoms with van der Waals surface area (Å²) in [5.41, 5.74) is 0.407. The van der Waals surface area contributed by atoms with Crippen molar-refractivity contribution in [3.05, 3.63) is 24.3 Å². The summed E-state index contributed by atoms with van der Waals surface area (Å²) in [5, 5.41) is 0. The summed E-state index contributed by atoms with van der Waals surface area (Å²) in [6.45, 7) is 10.9. The monoisotopic (exact) mass is 272 g/mol. The average molecular weight is 272 g/mol. The molecule has 6 nitrogen and oxygen atoms in total. The van der Waals surface area contributed by atoms with Gasteiger partial charge in [-0.15, -0.1) is 0 Å². The van der Waals surface area contributed by atoms with E-state index in [1.165, 1.54) is 0 Å². The molecule has 0 amide bonds. The molecular weight excluding hydrogens is 252 g/mol. The Morgan fingerprint density at radius 1 is 0.842 bits per heavy atom. The summed E-state index contributed by atoms with van der Waals surface area (Å²) in [6, 6.07) is 0. The lowest BCUT2D eigenvalue weighted by atomic mass is 10.3. The van der Waals surface area contributed by atoms with Crippen molar-refractivity contribution in [3.8, 4) is 0 Å². The lowest BCUT2D eigenvalue weighted by molar-refractivity contribution is -0.139. The SMILES string of the molecule is C=C(COCOCC(=C)C(=O)OCC)C(=O)OCC. The van der Waals surface area contributed by atoms with Gasteiger partial charge in [-0.1, -0.05) is 13.2 Å². The highest BCUT2D eigenvalue weighted by Gasteiger charge is 2.09. The van der Waals surface area contributed by atoms with E-state index >= 15 is 0 Å². The third kappa shape index (κ3) is 8.12. The van der Waals surface area contributed by atoms with E-state index in [1.807, 2.05) is 0 Å². The first-order valence-corrected chi connectivity index (χ1v) is 5.88. The molecule has 108 valence electrons. The van der Waals surface area contributed by atoms with E-state index in [2.05, 4.69) is 13.2 Å². The smallest absolute Gasteiger partial charge is 0.335 e. The molecule has 0 bridgehead atoms. The topological polar surface area (TPSA) is 71.1 Å². The highest BCUT2D eigenvalue weighted by molar-refractivity contribution is 5.88. The van der Waals surface area contributed by atoms with Crippen LogP contribution < -0.4 is 0 Å². The standard InChI is InChI=1S/C13H20O6/c1-5-18-12(14)10(3)7-16-9-17-8-11(4)13(15)19-6-2/h3-9H2,1-2H3. The summed E-state index contributed by atoms with van der Waals surface area (Å²) in [7, 11) is 0. The van der Waals surface area contributed by atoms with Crippen LogP contribution in [0, 0.1) is 0 Å². The molecule has 0 heterocycles. The van der Waals surface area contributed by atoms with E-state index in [0.717, 1.165) is 0 Å². The largest absolute Gasteiger partial charge is 0.463 e. The number of carbonyl (C=O) groups is 2. The van der Waals surface area contributed by atoms with Crippen LogP contribution in [0.3, 0.4) is 0 Å². The van der Waals surface area contributed by atoms with Crippen molar-refractivity contribution >= 4 is 11.9 Å². The van der Waals surface area contributed by atoms with Crippen LogP contribution in [-0.4, -0.2) is 45.2 Å². The van der Waals surface area contributed by atoms with Gasteiger partial charge in [0, 0.05) is 0 Å². The molecule has 0 aromatic heterocycles. The van der Waals surface area contributed by atoms with E-state index in [-0.39, 0.29) is 44.4 Å². The Hall–Kier alpha value is -1.66. The van der Waals surface area contributed by atoms with Gasteiger partial charge in [-0.05, 0) is 13.8 Å². The highest BCUT2D eigenvalue weighted by Crippen LogP contribution is 1.98. The van der Waals surface area contributed by atoms with Crippen molar-refractivity contribution in [1.29, 1.82) is 0 Å². The molecular formula is C13H20O6. The van der Waals surface area contributed by atoms with Gasteiger partial charge in [0.1, 0.15) is 6.79 Å². The first-order valence-electron chi connectivity index (χ1n) is 5.88. The number of ether oxygens (including phenoxy) is 4. The Bertz CT molecular complexity index is 302. The predicted molar refractivity (Wildman–Crippen MR) is 68.3 cm³/mol.